The zero-order valence-corrected chi connectivity index (χ0v) is 13.1. The molecule has 1 unspecified atom stereocenters. The molecule has 21 heavy (non-hydrogen) atoms. The topological polar surface area (TPSA) is 76.1 Å². The predicted molar refractivity (Wildman–Crippen MR) is 76.1 cm³/mol. The Labute approximate surface area is 125 Å². The van der Waals surface area contributed by atoms with E-state index in [4.69, 9.17) is 14.6 Å². The summed E-state index contributed by atoms with van der Waals surface area (Å²) in [4.78, 5) is 24.5. The molecule has 0 aromatic carbocycles. The van der Waals surface area contributed by atoms with Crippen molar-refractivity contribution in [1.82, 2.24) is 4.90 Å². The van der Waals surface area contributed by atoms with Crippen molar-refractivity contribution in [2.24, 2.45) is 5.92 Å². The van der Waals surface area contributed by atoms with Crippen LogP contribution in [0.4, 0.5) is 4.79 Å². The minimum absolute atomic E-state index is 0.0931. The number of carboxylic acids is 1. The van der Waals surface area contributed by atoms with Crippen LogP contribution in [0, 0.1) is 5.92 Å². The third-order valence-corrected chi connectivity index (χ3v) is 4.08. The van der Waals surface area contributed by atoms with E-state index >= 15 is 0 Å². The number of nitrogens with zero attached hydrogens (tertiary/aromatic N) is 1. The summed E-state index contributed by atoms with van der Waals surface area (Å²) >= 11 is 0. The molecule has 2 heterocycles. The van der Waals surface area contributed by atoms with E-state index in [0.717, 1.165) is 19.3 Å². The van der Waals surface area contributed by atoms with E-state index in [1.807, 2.05) is 20.8 Å². The Balaban J connectivity index is 1.83. The number of carbonyl (C=O) groups is 2. The Hall–Kier alpha value is -1.30. The highest BCUT2D eigenvalue weighted by Gasteiger charge is 2.44. The Kier molecular flexibility index (Phi) is 4.46. The third kappa shape index (κ3) is 4.33. The van der Waals surface area contributed by atoms with Crippen LogP contribution < -0.4 is 0 Å². The molecule has 1 amide bonds. The van der Waals surface area contributed by atoms with Crippen molar-refractivity contribution in [3.8, 4) is 0 Å². The van der Waals surface area contributed by atoms with E-state index in [9.17, 15) is 9.59 Å². The van der Waals surface area contributed by atoms with E-state index < -0.39 is 11.6 Å². The molecule has 0 aliphatic carbocycles. The lowest BCUT2D eigenvalue weighted by Gasteiger charge is -2.39. The number of piperidine rings is 1. The molecular formula is C15H25NO5. The lowest BCUT2D eigenvalue weighted by molar-refractivity contribution is -0.138. The van der Waals surface area contributed by atoms with Gasteiger partial charge in [0.2, 0.25) is 0 Å². The molecule has 0 aromatic rings. The number of hydrogen-bond acceptors (Lipinski definition) is 4. The van der Waals surface area contributed by atoms with Gasteiger partial charge in [-0.15, -0.1) is 0 Å². The summed E-state index contributed by atoms with van der Waals surface area (Å²) in [5, 5.41) is 8.86. The highest BCUT2D eigenvalue weighted by atomic mass is 16.6. The average Bonchev–Trinajstić information content (AvgIpc) is 2.70. The van der Waals surface area contributed by atoms with Gasteiger partial charge in [-0.25, -0.2) is 4.79 Å². The normalized spacial score (nSPS) is 25.1. The van der Waals surface area contributed by atoms with E-state index in [-0.39, 0.29) is 24.0 Å². The van der Waals surface area contributed by atoms with Gasteiger partial charge in [0.1, 0.15) is 5.60 Å². The quantitative estimate of drug-likeness (QED) is 0.846. The minimum atomic E-state index is -0.771. The smallest absolute Gasteiger partial charge is 0.410 e. The number of aliphatic carboxylic acids is 1. The molecular weight excluding hydrogens is 274 g/mol. The minimum Gasteiger partial charge on any atom is -0.481 e. The van der Waals surface area contributed by atoms with Gasteiger partial charge < -0.3 is 19.5 Å². The van der Waals surface area contributed by atoms with Crippen molar-refractivity contribution in [2.75, 3.05) is 19.7 Å². The first-order chi connectivity index (χ1) is 9.69. The second-order valence-corrected chi connectivity index (χ2v) is 7.13. The molecule has 2 saturated heterocycles. The van der Waals surface area contributed by atoms with Crippen LogP contribution >= 0.6 is 0 Å². The van der Waals surface area contributed by atoms with Crippen LogP contribution in [0.2, 0.25) is 0 Å². The fraction of sp³-hybridized carbons (Fsp3) is 0.867. The summed E-state index contributed by atoms with van der Waals surface area (Å²) in [5.41, 5.74) is -0.721. The molecule has 0 saturated carbocycles. The molecule has 1 atom stereocenters. The van der Waals surface area contributed by atoms with Gasteiger partial charge in [0.25, 0.3) is 0 Å². The maximum Gasteiger partial charge on any atom is 0.410 e. The Morgan fingerprint density at radius 2 is 1.95 bits per heavy atom. The molecule has 1 N–H and O–H groups in total. The zero-order chi connectivity index (χ0) is 15.7. The van der Waals surface area contributed by atoms with Crippen molar-refractivity contribution in [3.05, 3.63) is 0 Å². The van der Waals surface area contributed by atoms with Gasteiger partial charge in [0.15, 0.2) is 0 Å². The first kappa shape index (κ1) is 16.1. The van der Waals surface area contributed by atoms with Crippen LogP contribution in [-0.2, 0) is 14.3 Å². The molecule has 6 heteroatoms. The molecule has 1 spiro atoms. The number of hydrogen-bond donors (Lipinski definition) is 1. The summed E-state index contributed by atoms with van der Waals surface area (Å²) in [6.07, 6.45) is 2.17. The Morgan fingerprint density at radius 1 is 1.33 bits per heavy atom. The lowest BCUT2D eigenvalue weighted by Crippen LogP contribution is -2.47. The van der Waals surface area contributed by atoms with Crippen LogP contribution in [0.3, 0.4) is 0 Å². The maximum absolute atomic E-state index is 12.0. The first-order valence-corrected chi connectivity index (χ1v) is 7.53. The first-order valence-electron chi connectivity index (χ1n) is 7.53. The van der Waals surface area contributed by atoms with Crippen LogP contribution in [0.5, 0.6) is 0 Å². The molecule has 2 aliphatic heterocycles. The van der Waals surface area contributed by atoms with Crippen molar-refractivity contribution >= 4 is 12.1 Å². The Morgan fingerprint density at radius 3 is 2.48 bits per heavy atom. The second kappa shape index (κ2) is 5.83. The fourth-order valence-electron chi connectivity index (χ4n) is 3.09. The van der Waals surface area contributed by atoms with E-state index in [1.54, 1.807) is 4.90 Å². The molecule has 2 aliphatic rings. The molecule has 0 bridgehead atoms. The van der Waals surface area contributed by atoms with Crippen molar-refractivity contribution in [2.45, 2.75) is 57.7 Å². The van der Waals surface area contributed by atoms with Gasteiger partial charge >= 0.3 is 12.1 Å². The van der Waals surface area contributed by atoms with Crippen LogP contribution in [0.25, 0.3) is 0 Å². The van der Waals surface area contributed by atoms with E-state index in [0.29, 0.717) is 19.7 Å². The number of ether oxygens (including phenoxy) is 2. The molecule has 120 valence electrons. The summed E-state index contributed by atoms with van der Waals surface area (Å²) < 4.78 is 11.3. The second-order valence-electron chi connectivity index (χ2n) is 7.13. The summed E-state index contributed by atoms with van der Waals surface area (Å²) in [6, 6.07) is 0. The van der Waals surface area contributed by atoms with Crippen molar-refractivity contribution < 1.29 is 24.2 Å². The number of carbonyl (C=O) groups excluding carboxylic acids is 1. The monoisotopic (exact) mass is 299 g/mol. The van der Waals surface area contributed by atoms with Crippen LogP contribution in [-0.4, -0.2) is 53.0 Å². The van der Waals surface area contributed by atoms with Gasteiger partial charge in [-0.2, -0.15) is 0 Å². The van der Waals surface area contributed by atoms with Gasteiger partial charge in [-0.05, 0) is 46.0 Å². The third-order valence-electron chi connectivity index (χ3n) is 4.08. The molecule has 2 fully saturated rings. The number of likely N-dealkylation sites (tertiary alicyclic amines) is 1. The van der Waals surface area contributed by atoms with Crippen molar-refractivity contribution in [1.29, 1.82) is 0 Å². The summed E-state index contributed by atoms with van der Waals surface area (Å²) in [5.74, 6) is -0.678. The SMILES string of the molecule is CC(C)(C)OC(=O)N1CCC2(CC1)CC(CC(=O)O)CO2. The highest BCUT2D eigenvalue weighted by molar-refractivity contribution is 5.68. The van der Waals surface area contributed by atoms with Crippen molar-refractivity contribution in [3.63, 3.8) is 0 Å². The maximum atomic E-state index is 12.0. The number of rotatable bonds is 2. The van der Waals surface area contributed by atoms with Gasteiger partial charge in [0, 0.05) is 13.1 Å². The number of carboxylic acid groups (broad SMARTS) is 1. The van der Waals surface area contributed by atoms with Gasteiger partial charge in [-0.1, -0.05) is 0 Å². The van der Waals surface area contributed by atoms with E-state index in [1.165, 1.54) is 0 Å². The van der Waals surface area contributed by atoms with Gasteiger partial charge in [-0.3, -0.25) is 4.79 Å². The molecule has 2 rings (SSSR count). The average molecular weight is 299 g/mol. The van der Waals surface area contributed by atoms with E-state index in [2.05, 4.69) is 0 Å². The highest BCUT2D eigenvalue weighted by Crippen LogP contribution is 2.39. The Bertz CT molecular complexity index is 407. The molecule has 6 nitrogen and oxygen atoms in total. The largest absolute Gasteiger partial charge is 0.481 e. The number of amides is 1. The molecule has 0 radical (unpaired) electrons. The predicted octanol–water partition coefficient (Wildman–Crippen LogP) is 2.27. The van der Waals surface area contributed by atoms with Crippen LogP contribution in [0.15, 0.2) is 0 Å². The molecule has 0 aromatic heterocycles. The van der Waals surface area contributed by atoms with Gasteiger partial charge in [0.05, 0.1) is 18.6 Å². The lowest BCUT2D eigenvalue weighted by atomic mass is 9.84. The van der Waals surface area contributed by atoms with Crippen LogP contribution in [0.1, 0.15) is 46.5 Å². The fourth-order valence-corrected chi connectivity index (χ4v) is 3.09. The zero-order valence-electron chi connectivity index (χ0n) is 13.1. The summed E-state index contributed by atoms with van der Waals surface area (Å²) in [6.45, 7) is 7.29. The standard InChI is InChI=1S/C15H25NO5/c1-14(2,3)21-13(19)16-6-4-15(5-7-16)9-11(10-20-15)8-12(17)18/h11H,4-10H2,1-3H3,(H,17,18). The summed E-state index contributed by atoms with van der Waals surface area (Å²) in [7, 11) is 0.